The number of nitrogens with one attached hydrogen (secondary N) is 1. The van der Waals surface area contributed by atoms with Crippen LogP contribution >= 0.6 is 11.3 Å². The number of nitrogen functional groups attached to an aromatic ring is 1. The van der Waals surface area contributed by atoms with Gasteiger partial charge in [0.2, 0.25) is 5.88 Å². The molecule has 0 amide bonds. The Balaban J connectivity index is 1.85. The molecule has 0 atom stereocenters. The Bertz CT molecular complexity index is 768. The third-order valence-electron chi connectivity index (χ3n) is 3.06. The van der Waals surface area contributed by atoms with Crippen LogP contribution in [0.1, 0.15) is 10.6 Å². The van der Waals surface area contributed by atoms with E-state index in [4.69, 9.17) is 10.5 Å². The van der Waals surface area contributed by atoms with Crippen LogP contribution in [0.2, 0.25) is 0 Å². The normalized spacial score (nSPS) is 10.5. The summed E-state index contributed by atoms with van der Waals surface area (Å²) in [4.78, 5) is 13.8. The molecule has 1 aromatic carbocycles. The first-order valence-corrected chi connectivity index (χ1v) is 7.49. The van der Waals surface area contributed by atoms with E-state index in [-0.39, 0.29) is 0 Å². The van der Waals surface area contributed by atoms with Crippen LogP contribution in [-0.4, -0.2) is 15.0 Å². The highest BCUT2D eigenvalue weighted by molar-refractivity contribution is 7.15. The van der Waals surface area contributed by atoms with Crippen molar-refractivity contribution < 1.29 is 4.74 Å². The smallest absolute Gasteiger partial charge is 0.248 e. The SMILES string of the molecule is Cc1nc(Nc2ncnc(Oc3ccccc3)c2N)sc1C. The molecule has 0 aliphatic rings. The maximum Gasteiger partial charge on any atom is 0.248 e. The number of rotatable bonds is 4. The van der Waals surface area contributed by atoms with Crippen LogP contribution in [0.4, 0.5) is 16.6 Å². The van der Waals surface area contributed by atoms with Gasteiger partial charge in [-0.05, 0) is 26.0 Å². The zero-order valence-electron chi connectivity index (χ0n) is 12.2. The van der Waals surface area contributed by atoms with Gasteiger partial charge in [-0.1, -0.05) is 18.2 Å². The molecule has 7 heteroatoms. The summed E-state index contributed by atoms with van der Waals surface area (Å²) in [5.74, 6) is 1.46. The van der Waals surface area contributed by atoms with E-state index in [9.17, 15) is 0 Å². The minimum Gasteiger partial charge on any atom is -0.437 e. The topological polar surface area (TPSA) is 86.0 Å². The van der Waals surface area contributed by atoms with E-state index in [1.54, 1.807) is 11.3 Å². The Morgan fingerprint density at radius 3 is 2.59 bits per heavy atom. The molecule has 3 N–H and O–H groups in total. The van der Waals surface area contributed by atoms with Crippen LogP contribution in [0, 0.1) is 13.8 Å². The standard InChI is InChI=1S/C15H15N5OS/c1-9-10(2)22-15(19-9)20-13-12(16)14(18-8-17-13)21-11-6-4-3-5-7-11/h3-8H,16H2,1-2H3,(H,17,18,19,20). The van der Waals surface area contributed by atoms with Crippen LogP contribution in [0.25, 0.3) is 0 Å². The van der Waals surface area contributed by atoms with Gasteiger partial charge < -0.3 is 15.8 Å². The molecule has 0 unspecified atom stereocenters. The van der Waals surface area contributed by atoms with Gasteiger partial charge >= 0.3 is 0 Å². The van der Waals surface area contributed by atoms with Gasteiger partial charge in [0.1, 0.15) is 17.8 Å². The van der Waals surface area contributed by atoms with Crippen molar-refractivity contribution in [3.05, 3.63) is 47.2 Å². The molecular formula is C15H15N5OS. The summed E-state index contributed by atoms with van der Waals surface area (Å²) in [5, 5.41) is 3.85. The zero-order chi connectivity index (χ0) is 15.5. The molecule has 112 valence electrons. The quantitative estimate of drug-likeness (QED) is 0.764. The van der Waals surface area contributed by atoms with Gasteiger partial charge in [-0.2, -0.15) is 4.98 Å². The van der Waals surface area contributed by atoms with E-state index in [0.717, 1.165) is 15.7 Å². The maximum absolute atomic E-state index is 6.09. The summed E-state index contributed by atoms with van der Waals surface area (Å²) < 4.78 is 5.68. The minimum absolute atomic E-state index is 0.314. The molecule has 2 heterocycles. The van der Waals surface area contributed by atoms with Crippen molar-refractivity contribution in [2.75, 3.05) is 11.1 Å². The number of benzene rings is 1. The van der Waals surface area contributed by atoms with E-state index in [1.807, 2.05) is 44.2 Å². The molecule has 0 spiro atoms. The first-order chi connectivity index (χ1) is 10.6. The summed E-state index contributed by atoms with van der Waals surface area (Å²) in [6, 6.07) is 9.35. The van der Waals surface area contributed by atoms with Gasteiger partial charge in [-0.3, -0.25) is 0 Å². The Morgan fingerprint density at radius 2 is 1.91 bits per heavy atom. The number of nitrogens with zero attached hydrogens (tertiary/aromatic N) is 3. The highest BCUT2D eigenvalue weighted by atomic mass is 32.1. The van der Waals surface area contributed by atoms with Gasteiger partial charge in [0.05, 0.1) is 5.69 Å². The minimum atomic E-state index is 0.314. The lowest BCUT2D eigenvalue weighted by atomic mass is 10.3. The molecule has 0 aliphatic heterocycles. The Morgan fingerprint density at radius 1 is 1.14 bits per heavy atom. The number of aromatic nitrogens is 3. The number of anilines is 3. The monoisotopic (exact) mass is 313 g/mol. The Kier molecular flexibility index (Phi) is 3.88. The maximum atomic E-state index is 6.09. The molecule has 0 fully saturated rings. The molecule has 0 saturated heterocycles. The number of para-hydroxylation sites is 1. The van der Waals surface area contributed by atoms with E-state index in [1.165, 1.54) is 6.33 Å². The first-order valence-electron chi connectivity index (χ1n) is 6.68. The highest BCUT2D eigenvalue weighted by Gasteiger charge is 2.12. The fourth-order valence-electron chi connectivity index (χ4n) is 1.79. The molecule has 22 heavy (non-hydrogen) atoms. The first kappa shape index (κ1) is 14.3. The predicted molar refractivity (Wildman–Crippen MR) is 87.8 cm³/mol. The second-order valence-electron chi connectivity index (χ2n) is 4.64. The van der Waals surface area contributed by atoms with Crippen molar-refractivity contribution in [2.45, 2.75) is 13.8 Å². The summed E-state index contributed by atoms with van der Waals surface area (Å²) in [6.45, 7) is 3.98. The van der Waals surface area contributed by atoms with Crippen molar-refractivity contribution in [3.8, 4) is 11.6 Å². The second-order valence-corrected chi connectivity index (χ2v) is 5.85. The van der Waals surface area contributed by atoms with Crippen molar-refractivity contribution in [3.63, 3.8) is 0 Å². The van der Waals surface area contributed by atoms with Crippen LogP contribution in [0.3, 0.4) is 0 Å². The van der Waals surface area contributed by atoms with Crippen LogP contribution in [0.15, 0.2) is 36.7 Å². The lowest BCUT2D eigenvalue weighted by Gasteiger charge is -2.10. The van der Waals surface area contributed by atoms with Gasteiger partial charge in [0, 0.05) is 4.88 Å². The van der Waals surface area contributed by atoms with E-state index in [0.29, 0.717) is 23.1 Å². The van der Waals surface area contributed by atoms with E-state index < -0.39 is 0 Å². The summed E-state index contributed by atoms with van der Waals surface area (Å²) in [7, 11) is 0. The lowest BCUT2D eigenvalue weighted by molar-refractivity contribution is 0.464. The summed E-state index contributed by atoms with van der Waals surface area (Å²) in [6.07, 6.45) is 1.41. The molecule has 2 aromatic heterocycles. The number of hydrogen-bond donors (Lipinski definition) is 2. The fraction of sp³-hybridized carbons (Fsp3) is 0.133. The average Bonchev–Trinajstić information content (AvgIpc) is 2.83. The predicted octanol–water partition coefficient (Wildman–Crippen LogP) is 3.67. The van der Waals surface area contributed by atoms with Crippen molar-refractivity contribution in [1.29, 1.82) is 0 Å². The fourth-order valence-corrected chi connectivity index (χ4v) is 2.60. The number of thiazole rings is 1. The largest absolute Gasteiger partial charge is 0.437 e. The van der Waals surface area contributed by atoms with Crippen LogP contribution < -0.4 is 15.8 Å². The summed E-state index contributed by atoms with van der Waals surface area (Å²) >= 11 is 1.55. The van der Waals surface area contributed by atoms with Gasteiger partial charge in [-0.25, -0.2) is 9.97 Å². The molecule has 0 bridgehead atoms. The second kappa shape index (κ2) is 5.98. The average molecular weight is 313 g/mol. The highest BCUT2D eigenvalue weighted by Crippen LogP contribution is 2.32. The van der Waals surface area contributed by atoms with Gasteiger partial charge in [0.25, 0.3) is 0 Å². The third-order valence-corrected chi connectivity index (χ3v) is 4.05. The molecule has 3 rings (SSSR count). The molecule has 0 aliphatic carbocycles. The molecule has 0 radical (unpaired) electrons. The van der Waals surface area contributed by atoms with E-state index in [2.05, 4.69) is 20.3 Å². The van der Waals surface area contributed by atoms with Gasteiger partial charge in [0.15, 0.2) is 10.9 Å². The molecule has 3 aromatic rings. The van der Waals surface area contributed by atoms with Crippen LogP contribution in [0.5, 0.6) is 11.6 Å². The van der Waals surface area contributed by atoms with Crippen molar-refractivity contribution in [1.82, 2.24) is 15.0 Å². The summed E-state index contributed by atoms with van der Waals surface area (Å²) in [5.41, 5.74) is 7.42. The van der Waals surface area contributed by atoms with Crippen LogP contribution in [-0.2, 0) is 0 Å². The van der Waals surface area contributed by atoms with Crippen molar-refractivity contribution >= 4 is 28.0 Å². The van der Waals surface area contributed by atoms with E-state index >= 15 is 0 Å². The third kappa shape index (κ3) is 2.99. The number of ether oxygens (including phenoxy) is 1. The Hall–Kier alpha value is -2.67. The number of aryl methyl sites for hydroxylation is 2. The Labute approximate surface area is 132 Å². The van der Waals surface area contributed by atoms with Gasteiger partial charge in [-0.15, -0.1) is 11.3 Å². The number of nitrogens with two attached hydrogens (primary N) is 1. The molecule has 0 saturated carbocycles. The molecule has 6 nitrogen and oxygen atoms in total. The lowest BCUT2D eigenvalue weighted by Crippen LogP contribution is -2.03. The zero-order valence-corrected chi connectivity index (χ0v) is 13.0. The number of hydrogen-bond acceptors (Lipinski definition) is 7. The molecular weight excluding hydrogens is 298 g/mol. The van der Waals surface area contributed by atoms with Crippen molar-refractivity contribution in [2.24, 2.45) is 0 Å².